The van der Waals surface area contributed by atoms with Gasteiger partial charge >= 0.3 is 5.97 Å². The molecule has 6 nitrogen and oxygen atoms in total. The fraction of sp³-hybridized carbons (Fsp3) is 0.462. The van der Waals surface area contributed by atoms with Crippen molar-refractivity contribution in [1.82, 2.24) is 5.32 Å². The van der Waals surface area contributed by atoms with Gasteiger partial charge in [0.15, 0.2) is 0 Å². The van der Waals surface area contributed by atoms with Crippen molar-refractivity contribution in [3.8, 4) is 0 Å². The molecule has 0 bridgehead atoms. The molecule has 0 aromatic heterocycles. The number of rotatable bonds is 7. The van der Waals surface area contributed by atoms with E-state index in [0.29, 0.717) is 5.56 Å². The van der Waals surface area contributed by atoms with Crippen molar-refractivity contribution in [2.24, 2.45) is 5.11 Å². The van der Waals surface area contributed by atoms with Gasteiger partial charge in [0.25, 0.3) is 0 Å². The number of hydrogen-bond acceptors (Lipinski definition) is 4. The molecule has 1 aromatic rings. The van der Waals surface area contributed by atoms with E-state index in [1.165, 1.54) is 18.2 Å². The molecule has 0 aliphatic carbocycles. The van der Waals surface area contributed by atoms with E-state index in [2.05, 4.69) is 15.3 Å². The Morgan fingerprint density at radius 2 is 2.35 bits per heavy atom. The van der Waals surface area contributed by atoms with Crippen LogP contribution in [0.5, 0.6) is 0 Å². The van der Waals surface area contributed by atoms with Gasteiger partial charge in [-0.05, 0) is 37.1 Å². The Morgan fingerprint density at radius 3 is 2.95 bits per heavy atom. The van der Waals surface area contributed by atoms with Crippen LogP contribution in [0.15, 0.2) is 29.4 Å². The minimum Gasteiger partial charge on any atom is -0.464 e. The van der Waals surface area contributed by atoms with Crippen LogP contribution in [-0.2, 0) is 15.1 Å². The molecule has 0 aliphatic heterocycles. The molecule has 108 valence electrons. The Kier molecular flexibility index (Phi) is 5.96. The molecule has 0 saturated heterocycles. The molecule has 1 N–H and O–H groups in total. The molecule has 1 unspecified atom stereocenters. The molecule has 0 amide bonds. The molecule has 1 aromatic carbocycles. The fourth-order valence-corrected chi connectivity index (χ4v) is 1.77. The average Bonchev–Trinajstić information content (AvgIpc) is 2.43. The van der Waals surface area contributed by atoms with Crippen LogP contribution < -0.4 is 5.32 Å². The van der Waals surface area contributed by atoms with Crippen molar-refractivity contribution in [3.63, 3.8) is 0 Å². The van der Waals surface area contributed by atoms with E-state index in [0.717, 1.165) is 0 Å². The third-order valence-corrected chi connectivity index (χ3v) is 2.84. The molecular weight excluding hydrogens is 263 g/mol. The molecular formula is C13H17FN4O2. The van der Waals surface area contributed by atoms with Crippen LogP contribution in [0.3, 0.4) is 0 Å². The van der Waals surface area contributed by atoms with Crippen molar-refractivity contribution in [3.05, 3.63) is 46.1 Å². The Labute approximate surface area is 116 Å². The Bertz CT molecular complexity index is 517. The summed E-state index contributed by atoms with van der Waals surface area (Å²) in [5.41, 5.74) is 7.50. The van der Waals surface area contributed by atoms with Crippen molar-refractivity contribution in [2.75, 3.05) is 19.7 Å². The van der Waals surface area contributed by atoms with Gasteiger partial charge in [0, 0.05) is 18.0 Å². The second kappa shape index (κ2) is 7.47. The third kappa shape index (κ3) is 3.94. The van der Waals surface area contributed by atoms with Gasteiger partial charge in [-0.15, -0.1) is 0 Å². The van der Waals surface area contributed by atoms with Crippen LogP contribution in [0.1, 0.15) is 19.4 Å². The molecule has 1 rings (SSSR count). The average molecular weight is 280 g/mol. The van der Waals surface area contributed by atoms with Crippen LogP contribution in [0.25, 0.3) is 10.4 Å². The standard InChI is InChI=1S/C13H17FN4O2/c1-3-20-12(19)13(2,16-7-8-17-18-15)10-5-4-6-11(14)9-10/h4-6,9,16H,3,7-8H2,1-2H3. The van der Waals surface area contributed by atoms with Crippen molar-refractivity contribution < 1.29 is 13.9 Å². The number of halogens is 1. The largest absolute Gasteiger partial charge is 0.464 e. The molecule has 1 atom stereocenters. The zero-order chi connectivity index (χ0) is 15.0. The molecule has 0 heterocycles. The van der Waals surface area contributed by atoms with Gasteiger partial charge in [-0.2, -0.15) is 0 Å². The zero-order valence-electron chi connectivity index (χ0n) is 11.5. The summed E-state index contributed by atoms with van der Waals surface area (Å²) in [7, 11) is 0. The number of hydrogen-bond donors (Lipinski definition) is 1. The van der Waals surface area contributed by atoms with E-state index in [9.17, 15) is 9.18 Å². The van der Waals surface area contributed by atoms with E-state index < -0.39 is 17.3 Å². The summed E-state index contributed by atoms with van der Waals surface area (Å²) in [5, 5.41) is 6.34. The molecule has 0 spiro atoms. The minimum atomic E-state index is -1.19. The number of azide groups is 1. The van der Waals surface area contributed by atoms with Gasteiger partial charge in [-0.25, -0.2) is 9.18 Å². The van der Waals surface area contributed by atoms with E-state index in [-0.39, 0.29) is 19.7 Å². The number of carbonyl (C=O) groups is 1. The smallest absolute Gasteiger partial charge is 0.330 e. The highest BCUT2D eigenvalue weighted by atomic mass is 19.1. The second-order valence-corrected chi connectivity index (χ2v) is 4.24. The van der Waals surface area contributed by atoms with Gasteiger partial charge in [-0.1, -0.05) is 17.2 Å². The van der Waals surface area contributed by atoms with E-state index in [1.54, 1.807) is 19.9 Å². The number of esters is 1. The number of ether oxygens (including phenoxy) is 1. The summed E-state index contributed by atoms with van der Waals surface area (Å²) in [4.78, 5) is 14.8. The van der Waals surface area contributed by atoms with Crippen LogP contribution in [0.2, 0.25) is 0 Å². The van der Waals surface area contributed by atoms with Crippen LogP contribution in [-0.4, -0.2) is 25.7 Å². The van der Waals surface area contributed by atoms with E-state index >= 15 is 0 Å². The normalized spacial score (nSPS) is 13.2. The quantitative estimate of drug-likeness (QED) is 0.274. The Morgan fingerprint density at radius 1 is 1.60 bits per heavy atom. The monoisotopic (exact) mass is 280 g/mol. The van der Waals surface area contributed by atoms with Gasteiger partial charge in [0.2, 0.25) is 0 Å². The van der Waals surface area contributed by atoms with E-state index in [4.69, 9.17) is 10.3 Å². The summed E-state index contributed by atoms with van der Waals surface area (Å²) < 4.78 is 18.4. The van der Waals surface area contributed by atoms with Gasteiger partial charge in [0.05, 0.1) is 6.61 Å². The summed E-state index contributed by atoms with van der Waals surface area (Å²) in [6.45, 7) is 3.98. The number of nitrogens with one attached hydrogen (secondary N) is 1. The first kappa shape index (κ1) is 15.9. The second-order valence-electron chi connectivity index (χ2n) is 4.24. The lowest BCUT2D eigenvalue weighted by molar-refractivity contribution is -0.151. The maximum Gasteiger partial charge on any atom is 0.330 e. The third-order valence-electron chi connectivity index (χ3n) is 2.84. The number of carbonyl (C=O) groups excluding carboxylic acids is 1. The van der Waals surface area contributed by atoms with Crippen molar-refractivity contribution >= 4 is 5.97 Å². The highest BCUT2D eigenvalue weighted by Gasteiger charge is 2.36. The summed E-state index contributed by atoms with van der Waals surface area (Å²) in [5.74, 6) is -0.943. The van der Waals surface area contributed by atoms with Crippen molar-refractivity contribution in [1.29, 1.82) is 0 Å². The predicted molar refractivity (Wildman–Crippen MR) is 72.4 cm³/mol. The maximum atomic E-state index is 13.3. The van der Waals surface area contributed by atoms with Gasteiger partial charge in [0.1, 0.15) is 11.4 Å². The van der Waals surface area contributed by atoms with Crippen LogP contribution in [0, 0.1) is 5.82 Å². The summed E-state index contributed by atoms with van der Waals surface area (Å²) >= 11 is 0. The van der Waals surface area contributed by atoms with Gasteiger partial charge < -0.3 is 4.74 Å². The topological polar surface area (TPSA) is 87.1 Å². The Hall–Kier alpha value is -2.11. The van der Waals surface area contributed by atoms with E-state index in [1.807, 2.05) is 0 Å². The zero-order valence-corrected chi connectivity index (χ0v) is 11.5. The molecule has 0 aliphatic rings. The SMILES string of the molecule is CCOC(=O)C(C)(NCCN=[N+]=[N-])c1cccc(F)c1. The molecule has 0 saturated carbocycles. The fourth-order valence-electron chi connectivity index (χ4n) is 1.77. The lowest BCUT2D eigenvalue weighted by Gasteiger charge is -2.29. The van der Waals surface area contributed by atoms with Crippen LogP contribution in [0.4, 0.5) is 4.39 Å². The highest BCUT2D eigenvalue weighted by Crippen LogP contribution is 2.23. The van der Waals surface area contributed by atoms with Gasteiger partial charge in [-0.3, -0.25) is 5.32 Å². The highest BCUT2D eigenvalue weighted by molar-refractivity contribution is 5.82. The number of benzene rings is 1. The minimum absolute atomic E-state index is 0.181. The summed E-state index contributed by atoms with van der Waals surface area (Å²) in [6.07, 6.45) is 0. The first-order valence-electron chi connectivity index (χ1n) is 6.23. The first-order valence-corrected chi connectivity index (χ1v) is 6.23. The number of nitrogens with zero attached hydrogens (tertiary/aromatic N) is 3. The lowest BCUT2D eigenvalue weighted by atomic mass is 9.92. The molecule has 20 heavy (non-hydrogen) atoms. The molecule has 0 radical (unpaired) electrons. The maximum absolute atomic E-state index is 13.3. The van der Waals surface area contributed by atoms with Crippen LogP contribution >= 0.6 is 0 Å². The summed E-state index contributed by atoms with van der Waals surface area (Å²) in [6, 6.07) is 5.74. The Balaban J connectivity index is 2.99. The first-order chi connectivity index (χ1) is 9.54. The molecule has 0 fully saturated rings. The van der Waals surface area contributed by atoms with Crippen molar-refractivity contribution in [2.45, 2.75) is 19.4 Å². The molecule has 7 heteroatoms. The predicted octanol–water partition coefficient (Wildman–Crippen LogP) is 2.50. The lowest BCUT2D eigenvalue weighted by Crippen LogP contribution is -2.48.